The molecule has 0 fully saturated rings. The number of unbranched alkanes of at least 4 members (excludes halogenated alkanes) is 2. The predicted molar refractivity (Wildman–Crippen MR) is 75.1 cm³/mol. The number of alkyl halides is 8. The Morgan fingerprint density at radius 3 is 1.86 bits per heavy atom. The van der Waals surface area contributed by atoms with Crippen LogP contribution in [0.25, 0.3) is 0 Å². The van der Waals surface area contributed by atoms with Crippen molar-refractivity contribution in [1.82, 2.24) is 4.31 Å². The fourth-order valence-electron chi connectivity index (χ4n) is 1.40. The lowest BCUT2D eigenvalue weighted by molar-refractivity contribution is -0.354. The number of sulfonamides is 1. The minimum absolute atomic E-state index is 0.108. The van der Waals surface area contributed by atoms with Gasteiger partial charge in [0.05, 0.1) is 12.3 Å². The van der Waals surface area contributed by atoms with Crippen LogP contribution in [0.5, 0.6) is 0 Å². The Bertz CT molecular complexity index is 453. The molecule has 0 unspecified atom stereocenters. The summed E-state index contributed by atoms with van der Waals surface area (Å²) in [6.07, 6.45) is -5.20. The van der Waals surface area contributed by atoms with Crippen molar-refractivity contribution in [3.05, 3.63) is 0 Å². The van der Waals surface area contributed by atoms with Gasteiger partial charge in [-0.15, -0.1) is 0 Å². The van der Waals surface area contributed by atoms with Crippen LogP contribution >= 0.6 is 22.6 Å². The Hall–Kier alpha value is 0.150. The van der Waals surface area contributed by atoms with Crippen molar-refractivity contribution < 1.29 is 39.2 Å². The molecular formula is C10H15F7INO2S. The lowest BCUT2D eigenvalue weighted by Gasteiger charge is -2.30. The van der Waals surface area contributed by atoms with Gasteiger partial charge in [0, 0.05) is 7.05 Å². The molecule has 12 heteroatoms. The quantitative estimate of drug-likeness (QED) is 0.222. The molecule has 0 aliphatic carbocycles. The summed E-state index contributed by atoms with van der Waals surface area (Å²) < 4.78 is 111. The Morgan fingerprint density at radius 1 is 0.955 bits per heavy atom. The Labute approximate surface area is 137 Å². The van der Waals surface area contributed by atoms with Gasteiger partial charge in [-0.1, -0.05) is 29.0 Å². The molecule has 22 heavy (non-hydrogen) atoms. The summed E-state index contributed by atoms with van der Waals surface area (Å²) in [5, 5.41) is 0. The van der Waals surface area contributed by atoms with Crippen molar-refractivity contribution in [2.24, 2.45) is 0 Å². The lowest BCUT2D eigenvalue weighted by atomic mass is 10.1. The minimum atomic E-state index is -6.47. The monoisotopic (exact) mass is 473 g/mol. The van der Waals surface area contributed by atoms with Crippen LogP contribution in [-0.4, -0.2) is 54.5 Å². The first-order valence-corrected chi connectivity index (χ1v) is 9.15. The SMILES string of the molecule is CN(CC(F)(F)C(F)(F)C(F)(F)F)S(=O)(=O)CCCCCI. The maximum Gasteiger partial charge on any atom is 0.459 e. The van der Waals surface area contributed by atoms with Crippen LogP contribution in [0.4, 0.5) is 30.7 Å². The van der Waals surface area contributed by atoms with Crippen LogP contribution in [0, 0.1) is 0 Å². The van der Waals surface area contributed by atoms with E-state index in [0.717, 1.165) is 4.43 Å². The van der Waals surface area contributed by atoms with Crippen molar-refractivity contribution in [1.29, 1.82) is 0 Å². The van der Waals surface area contributed by atoms with Crippen LogP contribution in [0.15, 0.2) is 0 Å². The smallest absolute Gasteiger partial charge is 0.212 e. The molecule has 0 aromatic heterocycles. The van der Waals surface area contributed by atoms with Gasteiger partial charge >= 0.3 is 18.0 Å². The summed E-state index contributed by atoms with van der Waals surface area (Å²) in [7, 11) is -3.78. The summed E-state index contributed by atoms with van der Waals surface area (Å²) in [4.78, 5) is 0. The lowest BCUT2D eigenvalue weighted by Crippen LogP contribution is -2.57. The number of hydrogen-bond acceptors (Lipinski definition) is 2. The van der Waals surface area contributed by atoms with Crippen molar-refractivity contribution in [2.75, 3.05) is 23.8 Å². The van der Waals surface area contributed by atoms with Crippen molar-refractivity contribution in [3.63, 3.8) is 0 Å². The van der Waals surface area contributed by atoms with Crippen LogP contribution in [-0.2, 0) is 10.0 Å². The molecule has 0 aliphatic heterocycles. The first kappa shape index (κ1) is 22.1. The van der Waals surface area contributed by atoms with E-state index < -0.39 is 40.3 Å². The first-order chi connectivity index (χ1) is 9.69. The molecule has 0 heterocycles. The average molecular weight is 473 g/mol. The Balaban J connectivity index is 4.92. The zero-order chi connectivity index (χ0) is 17.8. The summed E-state index contributed by atoms with van der Waals surface area (Å²) >= 11 is 2.05. The van der Waals surface area contributed by atoms with Gasteiger partial charge in [0.15, 0.2) is 0 Å². The summed E-state index contributed by atoms with van der Waals surface area (Å²) in [6, 6.07) is 0. The molecule has 0 spiro atoms. The van der Waals surface area contributed by atoms with Crippen LogP contribution < -0.4 is 0 Å². The zero-order valence-electron chi connectivity index (χ0n) is 11.4. The zero-order valence-corrected chi connectivity index (χ0v) is 14.4. The second-order valence-corrected chi connectivity index (χ2v) is 7.87. The highest BCUT2D eigenvalue weighted by atomic mass is 127. The number of rotatable bonds is 9. The molecule has 0 aromatic rings. The molecule has 0 atom stereocenters. The molecular weight excluding hydrogens is 458 g/mol. The molecule has 134 valence electrons. The van der Waals surface area contributed by atoms with E-state index in [2.05, 4.69) is 0 Å². The average Bonchev–Trinajstić information content (AvgIpc) is 2.32. The number of halogens is 8. The van der Waals surface area contributed by atoms with Crippen LogP contribution in [0.2, 0.25) is 0 Å². The van der Waals surface area contributed by atoms with E-state index in [0.29, 0.717) is 19.9 Å². The maximum atomic E-state index is 13.1. The second kappa shape index (κ2) is 7.81. The highest BCUT2D eigenvalue weighted by Gasteiger charge is 2.73. The van der Waals surface area contributed by atoms with Gasteiger partial charge in [0.1, 0.15) is 0 Å². The normalized spacial score (nSPS) is 14.6. The van der Waals surface area contributed by atoms with Crippen LogP contribution in [0.3, 0.4) is 0 Å². The predicted octanol–water partition coefficient (Wildman–Crippen LogP) is 3.69. The van der Waals surface area contributed by atoms with E-state index in [-0.39, 0.29) is 10.7 Å². The maximum absolute atomic E-state index is 13.1. The molecule has 0 aromatic carbocycles. The topological polar surface area (TPSA) is 37.4 Å². The van der Waals surface area contributed by atoms with E-state index in [9.17, 15) is 39.2 Å². The van der Waals surface area contributed by atoms with Gasteiger partial charge in [-0.3, -0.25) is 0 Å². The fourth-order valence-corrected chi connectivity index (χ4v) is 3.18. The van der Waals surface area contributed by atoms with Gasteiger partial charge < -0.3 is 0 Å². The van der Waals surface area contributed by atoms with E-state index >= 15 is 0 Å². The van der Waals surface area contributed by atoms with Gasteiger partial charge in [-0.05, 0) is 17.3 Å². The van der Waals surface area contributed by atoms with E-state index in [1.165, 1.54) is 0 Å². The highest BCUT2D eigenvalue weighted by Crippen LogP contribution is 2.46. The molecule has 0 saturated carbocycles. The largest absolute Gasteiger partial charge is 0.459 e. The summed E-state index contributed by atoms with van der Waals surface area (Å²) in [5.41, 5.74) is 0. The van der Waals surface area contributed by atoms with E-state index in [1.54, 1.807) is 0 Å². The standard InChI is InChI=1S/C10H15F7INO2S/c1-19(22(20,21)6-4-2-3-5-18)7-8(11,12)9(13,14)10(15,16)17/h2-7H2,1H3. The summed E-state index contributed by atoms with van der Waals surface area (Å²) in [6.45, 7) is -2.24. The molecule has 0 aliphatic rings. The molecule has 3 nitrogen and oxygen atoms in total. The van der Waals surface area contributed by atoms with Gasteiger partial charge in [0.2, 0.25) is 10.0 Å². The van der Waals surface area contributed by atoms with Crippen LogP contribution in [0.1, 0.15) is 19.3 Å². The Morgan fingerprint density at radius 2 is 1.45 bits per heavy atom. The van der Waals surface area contributed by atoms with Gasteiger partial charge in [0.25, 0.3) is 0 Å². The third-order valence-corrected chi connectivity index (χ3v) is 5.39. The third kappa shape index (κ3) is 5.65. The second-order valence-electron chi connectivity index (χ2n) is 4.60. The van der Waals surface area contributed by atoms with Gasteiger partial charge in [-0.2, -0.15) is 35.0 Å². The minimum Gasteiger partial charge on any atom is -0.212 e. The van der Waals surface area contributed by atoms with E-state index in [4.69, 9.17) is 0 Å². The molecule has 0 amide bonds. The third-order valence-electron chi connectivity index (χ3n) is 2.75. The highest BCUT2D eigenvalue weighted by molar-refractivity contribution is 14.1. The fraction of sp³-hybridized carbons (Fsp3) is 1.00. The molecule has 0 rings (SSSR count). The Kier molecular flexibility index (Phi) is 7.87. The molecule has 0 bridgehead atoms. The van der Waals surface area contributed by atoms with Gasteiger partial charge in [-0.25, -0.2) is 8.42 Å². The van der Waals surface area contributed by atoms with E-state index in [1.807, 2.05) is 22.6 Å². The van der Waals surface area contributed by atoms with Crippen molar-refractivity contribution >= 4 is 32.6 Å². The molecule has 0 N–H and O–H groups in total. The molecule has 0 saturated heterocycles. The van der Waals surface area contributed by atoms with Crippen molar-refractivity contribution in [2.45, 2.75) is 37.3 Å². The molecule has 0 radical (unpaired) electrons. The summed E-state index contributed by atoms with van der Waals surface area (Å²) in [5.74, 6) is -12.5. The van der Waals surface area contributed by atoms with Crippen molar-refractivity contribution in [3.8, 4) is 0 Å². The first-order valence-electron chi connectivity index (χ1n) is 6.01. The number of nitrogens with zero attached hydrogens (tertiary/aromatic N) is 1. The number of hydrogen-bond donors (Lipinski definition) is 0.